The molecule has 0 aliphatic heterocycles. The Morgan fingerprint density at radius 2 is 2.15 bits per heavy atom. The summed E-state index contributed by atoms with van der Waals surface area (Å²) in [5.74, 6) is 0. The van der Waals surface area contributed by atoms with Gasteiger partial charge in [-0.2, -0.15) is 0 Å². The van der Waals surface area contributed by atoms with Gasteiger partial charge in [0, 0.05) is 17.1 Å². The van der Waals surface area contributed by atoms with Gasteiger partial charge >= 0.3 is 0 Å². The van der Waals surface area contributed by atoms with Crippen LogP contribution in [-0.4, -0.2) is 31.1 Å². The molecule has 1 aliphatic rings. The van der Waals surface area contributed by atoms with Crippen LogP contribution in [-0.2, 0) is 6.42 Å². The number of fused-ring (bicyclic) bond motifs is 1. The Bertz CT molecular complexity index is 431. The summed E-state index contributed by atoms with van der Waals surface area (Å²) in [5.41, 5.74) is 2.88. The summed E-state index contributed by atoms with van der Waals surface area (Å²) in [5, 5.41) is 4.56. The van der Waals surface area contributed by atoms with Gasteiger partial charge in [0.15, 0.2) is 0 Å². The van der Waals surface area contributed by atoms with Gasteiger partial charge in [-0.3, -0.25) is 0 Å². The van der Waals surface area contributed by atoms with Gasteiger partial charge in [0.25, 0.3) is 0 Å². The number of nitrogens with zero attached hydrogens (tertiary/aromatic N) is 1. The normalized spacial score (nSPS) is 18.0. The molecule has 0 radical (unpaired) electrons. The quantitative estimate of drug-likeness (QED) is 0.764. The zero-order valence-electron chi connectivity index (χ0n) is 13.0. The van der Waals surface area contributed by atoms with Crippen molar-refractivity contribution in [2.24, 2.45) is 0 Å². The monoisotopic (exact) mass is 294 g/mol. The summed E-state index contributed by atoms with van der Waals surface area (Å²) in [4.78, 5) is 2.41. The molecule has 0 spiro atoms. The van der Waals surface area contributed by atoms with Crippen LogP contribution < -0.4 is 5.32 Å². The molecule has 0 saturated heterocycles. The molecule has 1 unspecified atom stereocenters. The van der Waals surface area contributed by atoms with Crippen molar-refractivity contribution in [3.63, 3.8) is 0 Å². The smallest absolute Gasteiger partial charge is 0.0408 e. The highest BCUT2D eigenvalue weighted by Gasteiger charge is 2.21. The van der Waals surface area contributed by atoms with Gasteiger partial charge in [-0.15, -0.1) is 0 Å². The standard InChI is InChI=1S/C17H27ClN2/c1-13(2)20(3)11-5-4-10-19-17-9-6-14-12-15(18)7-8-16(14)17/h7-8,12-13,17,19H,4-6,9-11H2,1-3H3. The van der Waals surface area contributed by atoms with Crippen molar-refractivity contribution in [2.45, 2.75) is 51.6 Å². The Kier molecular flexibility index (Phi) is 5.88. The first-order valence-electron chi connectivity index (χ1n) is 7.80. The first-order valence-corrected chi connectivity index (χ1v) is 8.17. The van der Waals surface area contributed by atoms with Crippen molar-refractivity contribution in [2.75, 3.05) is 20.1 Å². The van der Waals surface area contributed by atoms with Crippen molar-refractivity contribution < 1.29 is 0 Å². The molecule has 1 aromatic rings. The number of benzene rings is 1. The van der Waals surface area contributed by atoms with Gasteiger partial charge < -0.3 is 10.2 Å². The van der Waals surface area contributed by atoms with Crippen LogP contribution in [0.5, 0.6) is 0 Å². The molecule has 0 amide bonds. The lowest BCUT2D eigenvalue weighted by atomic mass is 10.1. The second kappa shape index (κ2) is 7.44. The van der Waals surface area contributed by atoms with E-state index in [0.29, 0.717) is 12.1 Å². The Hall–Kier alpha value is -0.570. The summed E-state index contributed by atoms with van der Waals surface area (Å²) in [6, 6.07) is 7.50. The molecular weight excluding hydrogens is 268 g/mol. The summed E-state index contributed by atoms with van der Waals surface area (Å²) in [6.45, 7) is 6.80. The molecule has 20 heavy (non-hydrogen) atoms. The van der Waals surface area contributed by atoms with E-state index in [1.807, 2.05) is 6.07 Å². The van der Waals surface area contributed by atoms with Crippen molar-refractivity contribution in [1.82, 2.24) is 10.2 Å². The number of hydrogen-bond donors (Lipinski definition) is 1. The first kappa shape index (κ1) is 15.8. The van der Waals surface area contributed by atoms with E-state index >= 15 is 0 Å². The van der Waals surface area contributed by atoms with E-state index < -0.39 is 0 Å². The summed E-state index contributed by atoms with van der Waals surface area (Å²) in [6.07, 6.45) is 4.88. The van der Waals surface area contributed by atoms with E-state index in [4.69, 9.17) is 11.6 Å². The Labute approximate surface area is 128 Å². The van der Waals surface area contributed by atoms with E-state index in [1.165, 1.54) is 36.9 Å². The zero-order chi connectivity index (χ0) is 14.5. The minimum absolute atomic E-state index is 0.532. The number of rotatable bonds is 7. The molecule has 112 valence electrons. The van der Waals surface area contributed by atoms with Gasteiger partial charge in [0.05, 0.1) is 0 Å². The van der Waals surface area contributed by atoms with Crippen molar-refractivity contribution in [3.8, 4) is 0 Å². The summed E-state index contributed by atoms with van der Waals surface area (Å²) >= 11 is 6.05. The third-order valence-electron chi connectivity index (χ3n) is 4.39. The molecule has 0 heterocycles. The Morgan fingerprint density at radius 1 is 1.35 bits per heavy atom. The maximum atomic E-state index is 6.05. The van der Waals surface area contributed by atoms with Crippen molar-refractivity contribution in [1.29, 1.82) is 0 Å². The molecule has 0 fully saturated rings. The maximum Gasteiger partial charge on any atom is 0.0408 e. The van der Waals surface area contributed by atoms with E-state index in [1.54, 1.807) is 0 Å². The lowest BCUT2D eigenvalue weighted by Crippen LogP contribution is -2.28. The molecule has 1 aliphatic carbocycles. The van der Waals surface area contributed by atoms with Gasteiger partial charge in [0.1, 0.15) is 0 Å². The van der Waals surface area contributed by atoms with Crippen molar-refractivity contribution in [3.05, 3.63) is 34.3 Å². The second-order valence-corrected chi connectivity index (χ2v) is 6.61. The van der Waals surface area contributed by atoms with E-state index in [2.05, 4.69) is 43.2 Å². The highest BCUT2D eigenvalue weighted by molar-refractivity contribution is 6.30. The number of halogens is 1. The van der Waals surface area contributed by atoms with Crippen LogP contribution in [0, 0.1) is 0 Å². The first-order chi connectivity index (χ1) is 9.58. The van der Waals surface area contributed by atoms with Crippen LogP contribution >= 0.6 is 11.6 Å². The Morgan fingerprint density at radius 3 is 2.90 bits per heavy atom. The largest absolute Gasteiger partial charge is 0.310 e. The highest BCUT2D eigenvalue weighted by Crippen LogP contribution is 2.32. The zero-order valence-corrected chi connectivity index (χ0v) is 13.7. The van der Waals surface area contributed by atoms with E-state index in [9.17, 15) is 0 Å². The van der Waals surface area contributed by atoms with Gasteiger partial charge in [-0.25, -0.2) is 0 Å². The lowest BCUT2D eigenvalue weighted by Gasteiger charge is -2.21. The van der Waals surface area contributed by atoms with Crippen molar-refractivity contribution >= 4 is 11.6 Å². The SMILES string of the molecule is CC(C)N(C)CCCCNC1CCc2cc(Cl)ccc21. The summed E-state index contributed by atoms with van der Waals surface area (Å²) in [7, 11) is 2.20. The Balaban J connectivity index is 1.69. The molecule has 2 nitrogen and oxygen atoms in total. The minimum Gasteiger partial charge on any atom is -0.310 e. The highest BCUT2D eigenvalue weighted by atomic mass is 35.5. The number of unbranched alkanes of at least 4 members (excludes halogenated alkanes) is 1. The molecule has 1 aromatic carbocycles. The molecule has 0 bridgehead atoms. The molecular formula is C17H27ClN2. The van der Waals surface area contributed by atoms with Crippen LogP contribution in [0.1, 0.15) is 50.3 Å². The predicted molar refractivity (Wildman–Crippen MR) is 87.5 cm³/mol. The average molecular weight is 295 g/mol. The fraction of sp³-hybridized carbons (Fsp3) is 0.647. The van der Waals surface area contributed by atoms with Gasteiger partial charge in [-0.1, -0.05) is 17.7 Å². The number of aryl methyl sites for hydroxylation is 1. The number of hydrogen-bond acceptors (Lipinski definition) is 2. The van der Waals surface area contributed by atoms with E-state index in [0.717, 1.165) is 18.0 Å². The van der Waals surface area contributed by atoms with Gasteiger partial charge in [-0.05, 0) is 82.9 Å². The lowest BCUT2D eigenvalue weighted by molar-refractivity contribution is 0.267. The fourth-order valence-corrected chi connectivity index (χ4v) is 3.01. The molecule has 0 aromatic heterocycles. The van der Waals surface area contributed by atoms with Crippen LogP contribution in [0.15, 0.2) is 18.2 Å². The average Bonchev–Trinajstić information content (AvgIpc) is 2.80. The van der Waals surface area contributed by atoms with Crippen LogP contribution in [0.3, 0.4) is 0 Å². The van der Waals surface area contributed by atoms with Crippen LogP contribution in [0.25, 0.3) is 0 Å². The topological polar surface area (TPSA) is 15.3 Å². The van der Waals surface area contributed by atoms with Crippen LogP contribution in [0.4, 0.5) is 0 Å². The molecule has 1 atom stereocenters. The number of nitrogens with one attached hydrogen (secondary N) is 1. The molecule has 2 rings (SSSR count). The third-order valence-corrected chi connectivity index (χ3v) is 4.63. The summed E-state index contributed by atoms with van der Waals surface area (Å²) < 4.78 is 0. The fourth-order valence-electron chi connectivity index (χ4n) is 2.82. The minimum atomic E-state index is 0.532. The molecule has 0 saturated carbocycles. The third kappa shape index (κ3) is 4.21. The van der Waals surface area contributed by atoms with Gasteiger partial charge in [0.2, 0.25) is 0 Å². The second-order valence-electron chi connectivity index (χ2n) is 6.17. The van der Waals surface area contributed by atoms with E-state index in [-0.39, 0.29) is 0 Å². The van der Waals surface area contributed by atoms with Crippen LogP contribution in [0.2, 0.25) is 5.02 Å². The molecule has 1 N–H and O–H groups in total. The predicted octanol–water partition coefficient (Wildman–Crippen LogP) is 4.04. The molecule has 3 heteroatoms. The maximum absolute atomic E-state index is 6.05.